The first-order chi connectivity index (χ1) is 13.8. The highest BCUT2D eigenvalue weighted by molar-refractivity contribution is 5.94. The number of benzene rings is 2. The summed E-state index contributed by atoms with van der Waals surface area (Å²) in [4.78, 5) is 26.9. The van der Waals surface area contributed by atoms with Gasteiger partial charge in [0.15, 0.2) is 17.5 Å². The van der Waals surface area contributed by atoms with Crippen LogP contribution in [0.4, 0.5) is 30.2 Å². The third kappa shape index (κ3) is 4.32. The largest absolute Gasteiger partial charge is 0.363 e. The fraction of sp³-hybridized carbons (Fsp3) is 0.316. The fourth-order valence-corrected chi connectivity index (χ4v) is 3.26. The average Bonchev–Trinajstić information content (AvgIpc) is 2.73. The summed E-state index contributed by atoms with van der Waals surface area (Å²) in [6.07, 6.45) is 0. The Kier molecular flexibility index (Phi) is 6.02. The van der Waals surface area contributed by atoms with Gasteiger partial charge in [-0.05, 0) is 25.1 Å². The predicted molar refractivity (Wildman–Crippen MR) is 101 cm³/mol. The molecule has 0 aliphatic carbocycles. The number of rotatable bonds is 5. The molecule has 1 heterocycles. The Labute approximate surface area is 164 Å². The third-order valence-electron chi connectivity index (χ3n) is 4.95. The normalized spacial score (nSPS) is 15.8. The molecule has 1 atom stereocenters. The second kappa shape index (κ2) is 8.48. The summed E-state index contributed by atoms with van der Waals surface area (Å²) in [5.41, 5.74) is 0.0953. The van der Waals surface area contributed by atoms with Crippen LogP contribution < -0.4 is 10.2 Å². The van der Waals surface area contributed by atoms with Crippen LogP contribution in [0.5, 0.6) is 0 Å². The highest BCUT2D eigenvalue weighted by atomic mass is 19.2. The molecule has 3 rings (SSSR count). The molecule has 29 heavy (non-hydrogen) atoms. The van der Waals surface area contributed by atoms with Crippen molar-refractivity contribution in [2.45, 2.75) is 13.0 Å². The van der Waals surface area contributed by atoms with Crippen LogP contribution in [-0.4, -0.2) is 48.0 Å². The van der Waals surface area contributed by atoms with Gasteiger partial charge in [0.2, 0.25) is 5.91 Å². The van der Waals surface area contributed by atoms with E-state index >= 15 is 0 Å². The van der Waals surface area contributed by atoms with Gasteiger partial charge in [0.05, 0.1) is 16.7 Å². The van der Waals surface area contributed by atoms with Crippen molar-refractivity contribution in [3.05, 3.63) is 64.0 Å². The van der Waals surface area contributed by atoms with Gasteiger partial charge >= 0.3 is 0 Å². The minimum Gasteiger partial charge on any atom is -0.363 e. The van der Waals surface area contributed by atoms with Gasteiger partial charge in [-0.15, -0.1) is 0 Å². The average molecular weight is 408 g/mol. The summed E-state index contributed by atoms with van der Waals surface area (Å²) >= 11 is 0. The van der Waals surface area contributed by atoms with Crippen LogP contribution in [-0.2, 0) is 4.79 Å². The van der Waals surface area contributed by atoms with E-state index in [1.54, 1.807) is 25.1 Å². The molecule has 0 bridgehead atoms. The van der Waals surface area contributed by atoms with Crippen molar-refractivity contribution in [1.82, 2.24) is 4.90 Å². The monoisotopic (exact) mass is 408 g/mol. The number of carbonyl (C=O) groups excluding carboxylic acids is 1. The van der Waals surface area contributed by atoms with E-state index < -0.39 is 40.0 Å². The maximum absolute atomic E-state index is 13.8. The van der Waals surface area contributed by atoms with Crippen LogP contribution in [0.1, 0.15) is 6.92 Å². The summed E-state index contributed by atoms with van der Waals surface area (Å²) in [6, 6.07) is 7.48. The number of nitro groups is 1. The van der Waals surface area contributed by atoms with Crippen molar-refractivity contribution in [3.63, 3.8) is 0 Å². The molecule has 1 unspecified atom stereocenters. The van der Waals surface area contributed by atoms with Crippen LogP contribution in [0.3, 0.4) is 0 Å². The van der Waals surface area contributed by atoms with E-state index in [-0.39, 0.29) is 5.69 Å². The summed E-state index contributed by atoms with van der Waals surface area (Å²) in [7, 11) is 0. The zero-order chi connectivity index (χ0) is 21.1. The van der Waals surface area contributed by atoms with Crippen LogP contribution in [0, 0.1) is 27.6 Å². The van der Waals surface area contributed by atoms with Gasteiger partial charge in [-0.2, -0.15) is 0 Å². The molecule has 2 aromatic rings. The van der Waals surface area contributed by atoms with E-state index in [0.29, 0.717) is 31.9 Å². The molecule has 1 saturated heterocycles. The molecule has 0 saturated carbocycles. The molecule has 1 fully saturated rings. The number of para-hydroxylation sites is 2. The van der Waals surface area contributed by atoms with Crippen molar-refractivity contribution in [3.8, 4) is 0 Å². The Hall–Kier alpha value is -3.14. The Morgan fingerprint density at radius 2 is 1.72 bits per heavy atom. The first kappa shape index (κ1) is 20.6. The van der Waals surface area contributed by atoms with Crippen molar-refractivity contribution in [1.29, 1.82) is 0 Å². The molecule has 2 aromatic carbocycles. The lowest BCUT2D eigenvalue weighted by Crippen LogP contribution is -2.53. The molecule has 0 aromatic heterocycles. The maximum atomic E-state index is 13.8. The first-order valence-corrected chi connectivity index (χ1v) is 8.96. The zero-order valence-electron chi connectivity index (χ0n) is 15.6. The molecule has 1 N–H and O–H groups in total. The van der Waals surface area contributed by atoms with E-state index in [1.807, 2.05) is 9.80 Å². The van der Waals surface area contributed by atoms with Crippen molar-refractivity contribution < 1.29 is 22.9 Å². The lowest BCUT2D eigenvalue weighted by atomic mass is 10.1. The SMILES string of the molecule is CC(C(=O)Nc1ccc(F)c(F)c1F)N1CCN(c2ccccc2[N+](=O)[O-])CC1. The zero-order valence-corrected chi connectivity index (χ0v) is 15.6. The van der Waals surface area contributed by atoms with Crippen LogP contribution >= 0.6 is 0 Å². The fourth-order valence-electron chi connectivity index (χ4n) is 3.26. The molecule has 10 heteroatoms. The van der Waals surface area contributed by atoms with Crippen LogP contribution in [0.15, 0.2) is 36.4 Å². The summed E-state index contributed by atoms with van der Waals surface area (Å²) in [6.45, 7) is 3.43. The number of halogens is 3. The topological polar surface area (TPSA) is 78.7 Å². The molecule has 7 nitrogen and oxygen atoms in total. The molecule has 1 aliphatic rings. The summed E-state index contributed by atoms with van der Waals surface area (Å²) in [5.74, 6) is -4.99. The molecule has 1 amide bonds. The first-order valence-electron chi connectivity index (χ1n) is 8.96. The quantitative estimate of drug-likeness (QED) is 0.467. The number of hydrogen-bond donors (Lipinski definition) is 1. The Morgan fingerprint density at radius 3 is 2.38 bits per heavy atom. The van der Waals surface area contributed by atoms with E-state index in [0.717, 1.165) is 12.1 Å². The Morgan fingerprint density at radius 1 is 1.07 bits per heavy atom. The minimum absolute atomic E-state index is 0.0144. The van der Waals surface area contributed by atoms with E-state index in [1.165, 1.54) is 6.07 Å². The molecular formula is C19H19F3N4O3. The van der Waals surface area contributed by atoms with Crippen molar-refractivity contribution in [2.24, 2.45) is 0 Å². The number of hydrogen-bond acceptors (Lipinski definition) is 5. The minimum atomic E-state index is -1.64. The third-order valence-corrected chi connectivity index (χ3v) is 4.95. The summed E-state index contributed by atoms with van der Waals surface area (Å²) < 4.78 is 40.1. The molecular weight excluding hydrogens is 389 g/mol. The van der Waals surface area contributed by atoms with Crippen LogP contribution in [0.2, 0.25) is 0 Å². The van der Waals surface area contributed by atoms with Gasteiger partial charge in [0.25, 0.3) is 5.69 Å². The van der Waals surface area contributed by atoms with Crippen molar-refractivity contribution >= 4 is 23.0 Å². The van der Waals surface area contributed by atoms with E-state index in [2.05, 4.69) is 5.32 Å². The number of nitro benzene ring substituents is 1. The number of amides is 1. The van der Waals surface area contributed by atoms with Gasteiger partial charge in [-0.1, -0.05) is 12.1 Å². The molecule has 154 valence electrons. The smallest absolute Gasteiger partial charge is 0.292 e. The van der Waals surface area contributed by atoms with Gasteiger partial charge in [0, 0.05) is 32.2 Å². The number of carbonyl (C=O) groups is 1. The molecule has 0 radical (unpaired) electrons. The van der Waals surface area contributed by atoms with Crippen molar-refractivity contribution in [2.75, 3.05) is 36.4 Å². The molecule has 0 spiro atoms. The standard InChI is InChI=1S/C19H19F3N4O3/c1-12(19(27)23-14-7-6-13(20)17(21)18(14)22)24-8-10-25(11-9-24)15-4-2-3-5-16(15)26(28)29/h2-7,12H,8-11H2,1H3,(H,23,27). The number of nitrogens with zero attached hydrogens (tertiary/aromatic N) is 3. The highest BCUT2D eigenvalue weighted by Gasteiger charge is 2.28. The van der Waals surface area contributed by atoms with Gasteiger partial charge in [-0.25, -0.2) is 13.2 Å². The Bertz CT molecular complexity index is 933. The number of piperazine rings is 1. The van der Waals surface area contributed by atoms with E-state index in [9.17, 15) is 28.1 Å². The highest BCUT2D eigenvalue weighted by Crippen LogP contribution is 2.28. The maximum Gasteiger partial charge on any atom is 0.292 e. The van der Waals surface area contributed by atoms with Gasteiger partial charge < -0.3 is 10.2 Å². The second-order valence-corrected chi connectivity index (χ2v) is 6.66. The number of anilines is 2. The lowest BCUT2D eigenvalue weighted by molar-refractivity contribution is -0.384. The van der Waals surface area contributed by atoms with Gasteiger partial charge in [-0.3, -0.25) is 19.8 Å². The Balaban J connectivity index is 1.63. The number of nitrogens with one attached hydrogen (secondary N) is 1. The molecule has 1 aliphatic heterocycles. The predicted octanol–water partition coefficient (Wildman–Crippen LogP) is 3.16. The van der Waals surface area contributed by atoms with Crippen LogP contribution in [0.25, 0.3) is 0 Å². The summed E-state index contributed by atoms with van der Waals surface area (Å²) in [5, 5.41) is 13.5. The van der Waals surface area contributed by atoms with E-state index in [4.69, 9.17) is 0 Å². The second-order valence-electron chi connectivity index (χ2n) is 6.66. The lowest BCUT2D eigenvalue weighted by Gasteiger charge is -2.38. The van der Waals surface area contributed by atoms with Gasteiger partial charge in [0.1, 0.15) is 5.69 Å².